The van der Waals surface area contributed by atoms with Crippen molar-refractivity contribution in [2.24, 2.45) is 7.05 Å². The number of aromatic nitrogens is 7. The third-order valence-corrected chi connectivity index (χ3v) is 6.62. The fraction of sp³-hybridized carbons (Fsp3) is 0.400. The molecule has 0 radical (unpaired) electrons. The lowest BCUT2D eigenvalue weighted by Crippen LogP contribution is -2.42. The Kier molecular flexibility index (Phi) is 7.17. The zero-order valence-corrected chi connectivity index (χ0v) is 21.3. The molecular weight excluding hydrogens is 470 g/mol. The van der Waals surface area contributed by atoms with Gasteiger partial charge in [0.05, 0.1) is 40.4 Å². The van der Waals surface area contributed by atoms with Crippen LogP contribution in [-0.2, 0) is 7.05 Å². The van der Waals surface area contributed by atoms with Crippen molar-refractivity contribution in [2.75, 3.05) is 30.3 Å². The van der Waals surface area contributed by atoms with Crippen LogP contribution in [0.25, 0.3) is 11.0 Å². The lowest BCUT2D eigenvalue weighted by molar-refractivity contribution is 0.0938. The first-order chi connectivity index (χ1) is 18.0. The number of piperidine rings is 1. The summed E-state index contributed by atoms with van der Waals surface area (Å²) in [5, 5.41) is 14.7. The Labute approximate surface area is 215 Å². The van der Waals surface area contributed by atoms with E-state index >= 15 is 0 Å². The Hall–Kier alpha value is -4.19. The molecule has 1 aliphatic rings. The van der Waals surface area contributed by atoms with Gasteiger partial charge in [0.2, 0.25) is 5.95 Å². The maximum absolute atomic E-state index is 12.8. The van der Waals surface area contributed by atoms with Crippen molar-refractivity contribution in [3.8, 4) is 0 Å². The smallest absolute Gasteiger partial charge is 0.252 e. The molecule has 0 aromatic carbocycles. The molecule has 5 heterocycles. The van der Waals surface area contributed by atoms with Crippen molar-refractivity contribution in [1.29, 1.82) is 0 Å². The van der Waals surface area contributed by atoms with Crippen LogP contribution >= 0.6 is 0 Å². The molecule has 0 bridgehead atoms. The number of hydrogen-bond acceptors (Lipinski definition) is 10. The zero-order chi connectivity index (χ0) is 25.8. The monoisotopic (exact) mass is 501 g/mol. The molecule has 0 aliphatic carbocycles. The summed E-state index contributed by atoms with van der Waals surface area (Å²) in [6, 6.07) is 2.37. The molecule has 1 atom stereocenters. The molecule has 1 fully saturated rings. The predicted octanol–water partition coefficient (Wildman–Crippen LogP) is 2.95. The summed E-state index contributed by atoms with van der Waals surface area (Å²) in [5.41, 5.74) is 3.27. The molecule has 3 N–H and O–H groups in total. The molecule has 12 heteroatoms. The SMILES string of the molecule is Cc1ncc(C(=O)NCCN2CCCCC2C)cc1Nc1nn(C)c2nc(Nc3cncnc3)ncc12. The summed E-state index contributed by atoms with van der Waals surface area (Å²) in [7, 11) is 1.81. The van der Waals surface area contributed by atoms with Crippen molar-refractivity contribution in [3.05, 3.63) is 48.4 Å². The third-order valence-electron chi connectivity index (χ3n) is 6.62. The fourth-order valence-electron chi connectivity index (χ4n) is 4.50. The van der Waals surface area contributed by atoms with E-state index in [-0.39, 0.29) is 5.91 Å². The van der Waals surface area contributed by atoms with Crippen LogP contribution in [0.2, 0.25) is 0 Å². The number of nitrogens with one attached hydrogen (secondary N) is 3. The minimum absolute atomic E-state index is 0.143. The second-order valence-corrected chi connectivity index (χ2v) is 9.27. The summed E-state index contributed by atoms with van der Waals surface area (Å²) >= 11 is 0. The Morgan fingerprint density at radius 1 is 1.11 bits per heavy atom. The molecule has 1 saturated heterocycles. The Bertz CT molecular complexity index is 1390. The summed E-state index contributed by atoms with van der Waals surface area (Å²) in [6.07, 6.45) is 11.8. The zero-order valence-electron chi connectivity index (χ0n) is 21.3. The first-order valence-electron chi connectivity index (χ1n) is 12.5. The number of carbonyl (C=O) groups excluding carboxylic acids is 1. The topological polar surface area (TPSA) is 139 Å². The third kappa shape index (κ3) is 5.64. The van der Waals surface area contributed by atoms with Gasteiger partial charge in [0.25, 0.3) is 5.91 Å². The normalized spacial score (nSPS) is 16.0. The minimum Gasteiger partial charge on any atom is -0.351 e. The molecule has 192 valence electrons. The van der Waals surface area contributed by atoms with Crippen molar-refractivity contribution in [1.82, 2.24) is 44.9 Å². The highest BCUT2D eigenvalue weighted by molar-refractivity contribution is 5.96. The van der Waals surface area contributed by atoms with Crippen LogP contribution in [0, 0.1) is 6.92 Å². The van der Waals surface area contributed by atoms with E-state index in [0.717, 1.165) is 24.2 Å². The van der Waals surface area contributed by atoms with Gasteiger partial charge in [0, 0.05) is 38.6 Å². The number of fused-ring (bicyclic) bond motifs is 1. The number of pyridine rings is 1. The van der Waals surface area contributed by atoms with Gasteiger partial charge in [-0.15, -0.1) is 0 Å². The van der Waals surface area contributed by atoms with Crippen LogP contribution in [0.3, 0.4) is 0 Å². The van der Waals surface area contributed by atoms with Crippen LogP contribution in [0.4, 0.5) is 23.1 Å². The van der Waals surface area contributed by atoms with Crippen LogP contribution in [-0.4, -0.2) is 71.2 Å². The summed E-state index contributed by atoms with van der Waals surface area (Å²) in [5.74, 6) is 0.844. The Morgan fingerprint density at radius 2 is 1.95 bits per heavy atom. The van der Waals surface area contributed by atoms with E-state index in [4.69, 9.17) is 0 Å². The van der Waals surface area contributed by atoms with Gasteiger partial charge >= 0.3 is 0 Å². The standard InChI is InChI=1S/C25H31N11O/c1-16-6-4-5-8-36(16)9-7-28-24(37)18-10-21(17(2)29-11-18)32-22-20-14-30-25(33-23(20)35(3)34-22)31-19-12-26-15-27-13-19/h10-16H,4-9H2,1-3H3,(H,28,37)(H,32,34)(H,30,31,33). The van der Waals surface area contributed by atoms with Crippen LogP contribution in [0.15, 0.2) is 37.2 Å². The average molecular weight is 502 g/mol. The minimum atomic E-state index is -0.143. The van der Waals surface area contributed by atoms with Crippen LogP contribution in [0.1, 0.15) is 42.2 Å². The number of nitrogens with zero attached hydrogens (tertiary/aromatic N) is 8. The maximum Gasteiger partial charge on any atom is 0.252 e. The van der Waals surface area contributed by atoms with E-state index < -0.39 is 0 Å². The molecule has 1 unspecified atom stereocenters. The van der Waals surface area contributed by atoms with Crippen LogP contribution in [0.5, 0.6) is 0 Å². The number of aryl methyl sites for hydroxylation is 2. The fourth-order valence-corrected chi connectivity index (χ4v) is 4.50. The van der Waals surface area contributed by atoms with E-state index in [0.29, 0.717) is 46.9 Å². The number of hydrogen-bond donors (Lipinski definition) is 3. The highest BCUT2D eigenvalue weighted by atomic mass is 16.1. The van der Waals surface area contributed by atoms with E-state index in [9.17, 15) is 4.79 Å². The molecule has 4 aromatic heterocycles. The van der Waals surface area contributed by atoms with Gasteiger partial charge in [0.15, 0.2) is 11.5 Å². The second kappa shape index (κ2) is 10.8. The molecule has 12 nitrogen and oxygen atoms in total. The molecule has 1 aliphatic heterocycles. The van der Waals surface area contributed by atoms with Gasteiger partial charge in [-0.2, -0.15) is 10.1 Å². The Morgan fingerprint density at radius 3 is 2.76 bits per heavy atom. The van der Waals surface area contributed by atoms with Gasteiger partial charge in [-0.3, -0.25) is 14.7 Å². The van der Waals surface area contributed by atoms with Gasteiger partial charge in [0.1, 0.15) is 6.33 Å². The molecule has 1 amide bonds. The van der Waals surface area contributed by atoms with Crippen molar-refractivity contribution < 1.29 is 4.79 Å². The Balaban J connectivity index is 1.28. The van der Waals surface area contributed by atoms with Gasteiger partial charge in [-0.05, 0) is 39.3 Å². The van der Waals surface area contributed by atoms with Gasteiger partial charge < -0.3 is 16.0 Å². The lowest BCUT2D eigenvalue weighted by atomic mass is 10.0. The second-order valence-electron chi connectivity index (χ2n) is 9.27. The number of carbonyl (C=O) groups is 1. The maximum atomic E-state index is 12.8. The summed E-state index contributed by atoms with van der Waals surface area (Å²) in [6.45, 7) is 6.69. The number of amides is 1. The highest BCUT2D eigenvalue weighted by Crippen LogP contribution is 2.26. The number of likely N-dealkylation sites (tertiary alicyclic amines) is 1. The quantitative estimate of drug-likeness (QED) is 0.330. The molecule has 0 saturated carbocycles. The van der Waals surface area contributed by atoms with E-state index in [1.165, 1.54) is 25.6 Å². The molecule has 37 heavy (non-hydrogen) atoms. The highest BCUT2D eigenvalue weighted by Gasteiger charge is 2.18. The summed E-state index contributed by atoms with van der Waals surface area (Å²) < 4.78 is 1.67. The molecule has 0 spiro atoms. The average Bonchev–Trinajstić information content (AvgIpc) is 3.21. The molecule has 5 rings (SSSR count). The van der Waals surface area contributed by atoms with Crippen LogP contribution < -0.4 is 16.0 Å². The van der Waals surface area contributed by atoms with E-state index in [1.54, 1.807) is 35.5 Å². The van der Waals surface area contributed by atoms with Crippen molar-refractivity contribution >= 4 is 40.1 Å². The van der Waals surface area contributed by atoms with Gasteiger partial charge in [-0.1, -0.05) is 6.42 Å². The molecule has 4 aromatic rings. The van der Waals surface area contributed by atoms with E-state index in [2.05, 4.69) is 57.8 Å². The largest absolute Gasteiger partial charge is 0.351 e. The first-order valence-corrected chi connectivity index (χ1v) is 12.5. The number of rotatable bonds is 8. The van der Waals surface area contributed by atoms with Gasteiger partial charge in [-0.25, -0.2) is 19.6 Å². The van der Waals surface area contributed by atoms with E-state index in [1.807, 2.05) is 14.0 Å². The first kappa shape index (κ1) is 24.5. The molecular formula is C25H31N11O. The van der Waals surface area contributed by atoms with Crippen molar-refractivity contribution in [2.45, 2.75) is 39.2 Å². The summed E-state index contributed by atoms with van der Waals surface area (Å²) in [4.78, 5) is 36.7. The van der Waals surface area contributed by atoms with Crippen molar-refractivity contribution in [3.63, 3.8) is 0 Å². The lowest BCUT2D eigenvalue weighted by Gasteiger charge is -2.33. The predicted molar refractivity (Wildman–Crippen MR) is 141 cm³/mol. The number of anilines is 4.